The summed E-state index contributed by atoms with van der Waals surface area (Å²) in [6.45, 7) is 2.07. The fourth-order valence-electron chi connectivity index (χ4n) is 1.22. The molecule has 0 bridgehead atoms. The third kappa shape index (κ3) is 3.10. The van der Waals surface area contributed by atoms with Crippen LogP contribution in [-0.4, -0.2) is 18.1 Å². The van der Waals surface area contributed by atoms with Crippen molar-refractivity contribution in [2.45, 2.75) is 13.0 Å². The lowest BCUT2D eigenvalue weighted by molar-refractivity contribution is 0.628. The van der Waals surface area contributed by atoms with Crippen molar-refractivity contribution >= 4 is 23.1 Å². The second kappa shape index (κ2) is 5.10. The van der Waals surface area contributed by atoms with Gasteiger partial charge in [-0.1, -0.05) is 0 Å². The van der Waals surface area contributed by atoms with Gasteiger partial charge in [0.1, 0.15) is 5.82 Å². The third-order valence-corrected chi connectivity index (χ3v) is 2.67. The Kier molecular flexibility index (Phi) is 4.07. The van der Waals surface area contributed by atoms with Gasteiger partial charge < -0.3 is 11.1 Å². The van der Waals surface area contributed by atoms with Crippen LogP contribution < -0.4 is 11.1 Å². The molecule has 14 heavy (non-hydrogen) atoms. The van der Waals surface area contributed by atoms with Crippen molar-refractivity contribution in [2.24, 2.45) is 0 Å². The standard InChI is InChI=1S/C10H15FN2S/c1-7(6-14-2)13-10-4-3-8(11)5-9(10)12/h3-5,7,13H,6,12H2,1-2H3. The van der Waals surface area contributed by atoms with Crippen molar-refractivity contribution in [3.05, 3.63) is 24.0 Å². The Morgan fingerprint density at radius 2 is 2.29 bits per heavy atom. The molecule has 0 heterocycles. The van der Waals surface area contributed by atoms with Crippen LogP contribution in [0.5, 0.6) is 0 Å². The highest BCUT2D eigenvalue weighted by Gasteiger charge is 2.04. The van der Waals surface area contributed by atoms with Crippen LogP contribution in [0.25, 0.3) is 0 Å². The first-order valence-corrected chi connectivity index (χ1v) is 5.83. The number of hydrogen-bond acceptors (Lipinski definition) is 3. The van der Waals surface area contributed by atoms with Crippen LogP contribution in [0.1, 0.15) is 6.92 Å². The number of halogens is 1. The summed E-state index contributed by atoms with van der Waals surface area (Å²) in [7, 11) is 0. The van der Waals surface area contributed by atoms with E-state index in [1.165, 1.54) is 12.1 Å². The smallest absolute Gasteiger partial charge is 0.125 e. The average molecular weight is 214 g/mol. The van der Waals surface area contributed by atoms with E-state index in [4.69, 9.17) is 5.73 Å². The first kappa shape index (κ1) is 11.2. The summed E-state index contributed by atoms with van der Waals surface area (Å²) in [5.74, 6) is 0.696. The zero-order chi connectivity index (χ0) is 10.6. The van der Waals surface area contributed by atoms with Crippen LogP contribution in [0.2, 0.25) is 0 Å². The van der Waals surface area contributed by atoms with Crippen LogP contribution in [-0.2, 0) is 0 Å². The van der Waals surface area contributed by atoms with Gasteiger partial charge in [-0.3, -0.25) is 0 Å². The molecule has 0 aromatic heterocycles. The Bertz CT molecular complexity index is 304. The van der Waals surface area contributed by atoms with Crippen molar-refractivity contribution in [3.8, 4) is 0 Å². The highest BCUT2D eigenvalue weighted by molar-refractivity contribution is 7.98. The van der Waals surface area contributed by atoms with E-state index in [2.05, 4.69) is 12.2 Å². The molecular weight excluding hydrogens is 199 g/mol. The van der Waals surface area contributed by atoms with Crippen LogP contribution >= 0.6 is 11.8 Å². The van der Waals surface area contributed by atoms with E-state index in [1.807, 2.05) is 6.26 Å². The van der Waals surface area contributed by atoms with Gasteiger partial charge in [0.2, 0.25) is 0 Å². The SMILES string of the molecule is CSCC(C)Nc1ccc(F)cc1N. The number of thioether (sulfide) groups is 1. The summed E-state index contributed by atoms with van der Waals surface area (Å²) in [5.41, 5.74) is 6.91. The average Bonchev–Trinajstić information content (AvgIpc) is 2.10. The fraction of sp³-hybridized carbons (Fsp3) is 0.400. The van der Waals surface area contributed by atoms with E-state index >= 15 is 0 Å². The van der Waals surface area contributed by atoms with Crippen LogP contribution in [0.3, 0.4) is 0 Å². The molecule has 1 rings (SSSR count). The van der Waals surface area contributed by atoms with Gasteiger partial charge in [-0.05, 0) is 31.4 Å². The number of hydrogen-bond donors (Lipinski definition) is 2. The first-order chi connectivity index (χ1) is 6.63. The monoisotopic (exact) mass is 214 g/mol. The molecule has 4 heteroatoms. The lowest BCUT2D eigenvalue weighted by Gasteiger charge is -2.15. The topological polar surface area (TPSA) is 38.0 Å². The van der Waals surface area contributed by atoms with Gasteiger partial charge in [-0.15, -0.1) is 0 Å². The molecule has 1 aromatic rings. The number of nitrogen functional groups attached to an aromatic ring is 1. The molecule has 0 aliphatic rings. The Morgan fingerprint density at radius 1 is 1.57 bits per heavy atom. The molecule has 0 aliphatic carbocycles. The third-order valence-electron chi connectivity index (χ3n) is 1.83. The van der Waals surface area contributed by atoms with E-state index < -0.39 is 0 Å². The van der Waals surface area contributed by atoms with Gasteiger partial charge in [-0.25, -0.2) is 4.39 Å². The molecule has 0 spiro atoms. The molecule has 0 saturated heterocycles. The minimum absolute atomic E-state index is 0.300. The number of nitrogens with two attached hydrogens (primary N) is 1. The fourth-order valence-corrected chi connectivity index (χ4v) is 1.81. The molecule has 3 N–H and O–H groups in total. The lowest BCUT2D eigenvalue weighted by Crippen LogP contribution is -2.18. The maximum absolute atomic E-state index is 12.7. The van der Waals surface area contributed by atoms with E-state index in [9.17, 15) is 4.39 Å². The molecule has 1 unspecified atom stereocenters. The van der Waals surface area contributed by atoms with Crippen molar-refractivity contribution in [1.82, 2.24) is 0 Å². The predicted molar refractivity (Wildman–Crippen MR) is 62.3 cm³/mol. The highest BCUT2D eigenvalue weighted by Crippen LogP contribution is 2.20. The molecule has 78 valence electrons. The van der Waals surface area contributed by atoms with E-state index in [0.29, 0.717) is 11.7 Å². The van der Waals surface area contributed by atoms with E-state index in [1.54, 1.807) is 17.8 Å². The minimum atomic E-state index is -0.300. The quantitative estimate of drug-likeness (QED) is 0.756. The summed E-state index contributed by atoms with van der Waals surface area (Å²) in [5, 5.41) is 3.23. The second-order valence-corrected chi connectivity index (χ2v) is 4.14. The molecule has 0 saturated carbocycles. The zero-order valence-corrected chi connectivity index (χ0v) is 9.20. The number of benzene rings is 1. The Labute approximate surface area is 88.1 Å². The molecule has 1 aromatic carbocycles. The Balaban J connectivity index is 2.67. The van der Waals surface area contributed by atoms with Gasteiger partial charge in [0.25, 0.3) is 0 Å². The summed E-state index contributed by atoms with van der Waals surface area (Å²) >= 11 is 1.76. The van der Waals surface area contributed by atoms with Crippen LogP contribution in [0.4, 0.5) is 15.8 Å². The van der Waals surface area contributed by atoms with E-state index in [-0.39, 0.29) is 5.82 Å². The molecule has 0 amide bonds. The van der Waals surface area contributed by atoms with Crippen LogP contribution in [0, 0.1) is 5.82 Å². The normalized spacial score (nSPS) is 12.5. The first-order valence-electron chi connectivity index (χ1n) is 4.44. The number of nitrogens with one attached hydrogen (secondary N) is 1. The molecule has 0 fully saturated rings. The molecular formula is C10H15FN2S. The van der Waals surface area contributed by atoms with E-state index in [0.717, 1.165) is 11.4 Å². The van der Waals surface area contributed by atoms with Gasteiger partial charge in [0.15, 0.2) is 0 Å². The van der Waals surface area contributed by atoms with Crippen molar-refractivity contribution in [3.63, 3.8) is 0 Å². The predicted octanol–water partition coefficient (Wildman–Crippen LogP) is 2.57. The Hall–Kier alpha value is -0.900. The molecule has 1 atom stereocenters. The maximum Gasteiger partial charge on any atom is 0.125 e. The van der Waals surface area contributed by atoms with Gasteiger partial charge in [0.05, 0.1) is 11.4 Å². The van der Waals surface area contributed by atoms with Gasteiger partial charge in [0, 0.05) is 11.8 Å². The molecule has 2 nitrogen and oxygen atoms in total. The minimum Gasteiger partial charge on any atom is -0.397 e. The maximum atomic E-state index is 12.7. The summed E-state index contributed by atoms with van der Waals surface area (Å²) in [4.78, 5) is 0. The van der Waals surface area contributed by atoms with Crippen LogP contribution in [0.15, 0.2) is 18.2 Å². The zero-order valence-electron chi connectivity index (χ0n) is 8.38. The summed E-state index contributed by atoms with van der Waals surface area (Å²) < 4.78 is 12.7. The van der Waals surface area contributed by atoms with Gasteiger partial charge in [-0.2, -0.15) is 11.8 Å². The van der Waals surface area contributed by atoms with Crippen molar-refractivity contribution in [2.75, 3.05) is 23.1 Å². The number of anilines is 2. The van der Waals surface area contributed by atoms with Crippen molar-refractivity contribution < 1.29 is 4.39 Å². The lowest BCUT2D eigenvalue weighted by atomic mass is 10.2. The Morgan fingerprint density at radius 3 is 2.86 bits per heavy atom. The molecule has 0 aliphatic heterocycles. The highest BCUT2D eigenvalue weighted by atomic mass is 32.2. The van der Waals surface area contributed by atoms with Gasteiger partial charge >= 0.3 is 0 Å². The van der Waals surface area contributed by atoms with Crippen molar-refractivity contribution in [1.29, 1.82) is 0 Å². The largest absolute Gasteiger partial charge is 0.397 e. The second-order valence-electron chi connectivity index (χ2n) is 3.23. The molecule has 0 radical (unpaired) electrons. The summed E-state index contributed by atoms with van der Waals surface area (Å²) in [6, 6.07) is 4.73. The number of rotatable bonds is 4. The summed E-state index contributed by atoms with van der Waals surface area (Å²) in [6.07, 6.45) is 2.05.